The number of halogens is 1. The van der Waals surface area contributed by atoms with Crippen LogP contribution in [-0.2, 0) is 6.54 Å². The van der Waals surface area contributed by atoms with Crippen LogP contribution >= 0.6 is 11.6 Å². The second-order valence-corrected chi connectivity index (χ2v) is 6.03. The molecule has 0 saturated carbocycles. The monoisotopic (exact) mass is 301 g/mol. The van der Waals surface area contributed by atoms with E-state index in [1.165, 1.54) is 5.56 Å². The number of anilines is 1. The molecule has 1 aromatic heterocycles. The Morgan fingerprint density at radius 2 is 2.05 bits per heavy atom. The Morgan fingerprint density at radius 1 is 1.24 bits per heavy atom. The van der Waals surface area contributed by atoms with E-state index in [1.807, 2.05) is 12.1 Å². The van der Waals surface area contributed by atoms with E-state index in [0.29, 0.717) is 17.1 Å². The molecule has 0 radical (unpaired) electrons. The summed E-state index contributed by atoms with van der Waals surface area (Å²) in [6.07, 6.45) is 2.82. The summed E-state index contributed by atoms with van der Waals surface area (Å²) < 4.78 is 0. The zero-order chi connectivity index (χ0) is 14.7. The normalized spacial score (nSPS) is 22.4. The highest BCUT2D eigenvalue weighted by Crippen LogP contribution is 2.23. The SMILES string of the molecule is CC1C(Nc2ccc(Cl)cn2)CCN1Cc1ccccc1. The van der Waals surface area contributed by atoms with Crippen LogP contribution in [0.5, 0.6) is 0 Å². The van der Waals surface area contributed by atoms with Crippen molar-refractivity contribution in [3.05, 3.63) is 59.2 Å². The maximum Gasteiger partial charge on any atom is 0.126 e. The lowest BCUT2D eigenvalue weighted by Gasteiger charge is -2.25. The summed E-state index contributed by atoms with van der Waals surface area (Å²) >= 11 is 5.87. The predicted molar refractivity (Wildman–Crippen MR) is 87.6 cm³/mol. The highest BCUT2D eigenvalue weighted by atomic mass is 35.5. The lowest BCUT2D eigenvalue weighted by atomic mass is 10.1. The highest BCUT2D eigenvalue weighted by molar-refractivity contribution is 6.30. The fourth-order valence-electron chi connectivity index (χ4n) is 2.89. The third kappa shape index (κ3) is 3.55. The van der Waals surface area contributed by atoms with Gasteiger partial charge in [-0.25, -0.2) is 4.98 Å². The number of benzene rings is 1. The Labute approximate surface area is 131 Å². The first-order valence-corrected chi connectivity index (χ1v) is 7.76. The number of likely N-dealkylation sites (tertiary alicyclic amines) is 1. The minimum Gasteiger partial charge on any atom is -0.366 e. The predicted octanol–water partition coefficient (Wildman–Crippen LogP) is 3.81. The Hall–Kier alpha value is -1.58. The minimum absolute atomic E-state index is 0.433. The van der Waals surface area contributed by atoms with Gasteiger partial charge in [-0.05, 0) is 31.0 Å². The fourth-order valence-corrected chi connectivity index (χ4v) is 3.00. The van der Waals surface area contributed by atoms with Crippen molar-refractivity contribution in [3.8, 4) is 0 Å². The van der Waals surface area contributed by atoms with Crippen LogP contribution in [0.25, 0.3) is 0 Å². The van der Waals surface area contributed by atoms with Gasteiger partial charge < -0.3 is 5.32 Å². The summed E-state index contributed by atoms with van der Waals surface area (Å²) in [5.74, 6) is 0.901. The van der Waals surface area contributed by atoms with E-state index in [1.54, 1.807) is 6.20 Å². The average Bonchev–Trinajstić information content (AvgIpc) is 2.84. The molecule has 110 valence electrons. The molecule has 2 aromatic rings. The summed E-state index contributed by atoms with van der Waals surface area (Å²) in [6, 6.07) is 15.4. The number of hydrogen-bond acceptors (Lipinski definition) is 3. The summed E-state index contributed by atoms with van der Waals surface area (Å²) in [7, 11) is 0. The summed E-state index contributed by atoms with van der Waals surface area (Å²) in [6.45, 7) is 4.40. The number of nitrogens with one attached hydrogen (secondary N) is 1. The van der Waals surface area contributed by atoms with E-state index in [4.69, 9.17) is 11.6 Å². The first-order chi connectivity index (χ1) is 10.2. The van der Waals surface area contributed by atoms with Gasteiger partial charge >= 0.3 is 0 Å². The van der Waals surface area contributed by atoms with Crippen LogP contribution in [0.4, 0.5) is 5.82 Å². The van der Waals surface area contributed by atoms with Gasteiger partial charge in [0, 0.05) is 31.4 Å². The van der Waals surface area contributed by atoms with Crippen molar-refractivity contribution < 1.29 is 0 Å². The summed E-state index contributed by atoms with van der Waals surface area (Å²) in [5.41, 5.74) is 1.37. The number of pyridine rings is 1. The molecule has 1 aliphatic rings. The van der Waals surface area contributed by atoms with Crippen molar-refractivity contribution in [2.75, 3.05) is 11.9 Å². The maximum atomic E-state index is 5.87. The van der Waals surface area contributed by atoms with E-state index < -0.39 is 0 Å². The van der Waals surface area contributed by atoms with Crippen molar-refractivity contribution in [2.24, 2.45) is 0 Å². The molecule has 2 heterocycles. The Kier molecular flexibility index (Phi) is 4.42. The molecule has 2 unspecified atom stereocenters. The molecule has 0 bridgehead atoms. The zero-order valence-electron chi connectivity index (χ0n) is 12.2. The lowest BCUT2D eigenvalue weighted by Crippen LogP contribution is -2.35. The van der Waals surface area contributed by atoms with Crippen LogP contribution in [-0.4, -0.2) is 28.5 Å². The molecule has 21 heavy (non-hydrogen) atoms. The van der Waals surface area contributed by atoms with Crippen LogP contribution < -0.4 is 5.32 Å². The van der Waals surface area contributed by atoms with E-state index in [0.717, 1.165) is 25.3 Å². The van der Waals surface area contributed by atoms with Gasteiger partial charge in [0.25, 0.3) is 0 Å². The molecular formula is C17H20ClN3. The third-order valence-electron chi connectivity index (χ3n) is 4.17. The third-order valence-corrected chi connectivity index (χ3v) is 4.40. The largest absolute Gasteiger partial charge is 0.366 e. The summed E-state index contributed by atoms with van der Waals surface area (Å²) in [4.78, 5) is 6.84. The second kappa shape index (κ2) is 6.46. The molecule has 2 atom stereocenters. The standard InChI is InChI=1S/C17H20ClN3/c1-13-16(20-17-8-7-15(18)11-19-17)9-10-21(13)12-14-5-3-2-4-6-14/h2-8,11,13,16H,9-10,12H2,1H3,(H,19,20). The number of hydrogen-bond donors (Lipinski definition) is 1. The van der Waals surface area contributed by atoms with Gasteiger partial charge in [0.05, 0.1) is 5.02 Å². The Balaban J connectivity index is 1.61. The summed E-state index contributed by atoms with van der Waals surface area (Å²) in [5, 5.41) is 4.19. The number of rotatable bonds is 4. The van der Waals surface area contributed by atoms with Gasteiger partial charge in [-0.1, -0.05) is 41.9 Å². The van der Waals surface area contributed by atoms with E-state index in [-0.39, 0.29) is 0 Å². The highest BCUT2D eigenvalue weighted by Gasteiger charge is 2.30. The molecule has 1 aromatic carbocycles. The Morgan fingerprint density at radius 3 is 2.76 bits per heavy atom. The first-order valence-electron chi connectivity index (χ1n) is 7.38. The molecular weight excluding hydrogens is 282 g/mol. The molecule has 4 heteroatoms. The molecule has 0 amide bonds. The van der Waals surface area contributed by atoms with Gasteiger partial charge in [0.15, 0.2) is 0 Å². The lowest BCUT2D eigenvalue weighted by molar-refractivity contribution is 0.255. The second-order valence-electron chi connectivity index (χ2n) is 5.60. The van der Waals surface area contributed by atoms with Gasteiger partial charge in [-0.15, -0.1) is 0 Å². The molecule has 3 rings (SSSR count). The molecule has 3 nitrogen and oxygen atoms in total. The van der Waals surface area contributed by atoms with E-state index in [2.05, 4.69) is 52.5 Å². The van der Waals surface area contributed by atoms with Gasteiger partial charge in [-0.2, -0.15) is 0 Å². The van der Waals surface area contributed by atoms with Crippen LogP contribution in [0.2, 0.25) is 5.02 Å². The van der Waals surface area contributed by atoms with Crippen molar-refractivity contribution >= 4 is 17.4 Å². The zero-order valence-corrected chi connectivity index (χ0v) is 12.9. The number of aromatic nitrogens is 1. The van der Waals surface area contributed by atoms with Gasteiger partial charge in [0.2, 0.25) is 0 Å². The molecule has 0 spiro atoms. The topological polar surface area (TPSA) is 28.2 Å². The molecule has 1 aliphatic heterocycles. The van der Waals surface area contributed by atoms with E-state index in [9.17, 15) is 0 Å². The fraction of sp³-hybridized carbons (Fsp3) is 0.353. The van der Waals surface area contributed by atoms with Crippen molar-refractivity contribution in [3.63, 3.8) is 0 Å². The van der Waals surface area contributed by atoms with Crippen molar-refractivity contribution in [2.45, 2.75) is 32.0 Å². The van der Waals surface area contributed by atoms with Gasteiger partial charge in [0.1, 0.15) is 5.82 Å². The van der Waals surface area contributed by atoms with Crippen LogP contribution in [0.1, 0.15) is 18.9 Å². The van der Waals surface area contributed by atoms with Crippen molar-refractivity contribution in [1.82, 2.24) is 9.88 Å². The first kappa shape index (κ1) is 14.4. The van der Waals surface area contributed by atoms with Gasteiger partial charge in [-0.3, -0.25) is 4.90 Å². The van der Waals surface area contributed by atoms with E-state index >= 15 is 0 Å². The number of nitrogens with zero attached hydrogens (tertiary/aromatic N) is 2. The molecule has 1 fully saturated rings. The quantitative estimate of drug-likeness (QED) is 0.931. The molecule has 1 saturated heterocycles. The smallest absolute Gasteiger partial charge is 0.126 e. The Bertz CT molecular complexity index is 570. The maximum absolute atomic E-state index is 5.87. The average molecular weight is 302 g/mol. The van der Waals surface area contributed by atoms with Crippen LogP contribution in [0.15, 0.2) is 48.7 Å². The van der Waals surface area contributed by atoms with Crippen LogP contribution in [0, 0.1) is 0 Å². The minimum atomic E-state index is 0.433. The molecule has 1 N–H and O–H groups in total. The van der Waals surface area contributed by atoms with Crippen molar-refractivity contribution in [1.29, 1.82) is 0 Å². The molecule has 0 aliphatic carbocycles. The van der Waals surface area contributed by atoms with Crippen LogP contribution in [0.3, 0.4) is 0 Å².